The predicted molar refractivity (Wildman–Crippen MR) is 302 cm³/mol. The number of carbonyl (C=O) groups is 5. The minimum absolute atomic E-state index is 0.00160. The van der Waals surface area contributed by atoms with Crippen molar-refractivity contribution in [3.05, 3.63) is 203 Å². The zero-order chi connectivity index (χ0) is 58.1. The van der Waals surface area contributed by atoms with E-state index in [-0.39, 0.29) is 48.8 Å². The van der Waals surface area contributed by atoms with Crippen molar-refractivity contribution >= 4 is 29.7 Å². The molecule has 6 aromatic carbocycles. The van der Waals surface area contributed by atoms with Crippen molar-refractivity contribution in [1.29, 1.82) is 0 Å². The molecule has 7 unspecified atom stereocenters. The Morgan fingerprint density at radius 2 is 1.07 bits per heavy atom. The fraction of sp³-hybridized carbons (Fsp3) is 0.359. The predicted octanol–water partition coefficient (Wildman–Crippen LogP) is 8.37. The summed E-state index contributed by atoms with van der Waals surface area (Å²) >= 11 is 0. The van der Waals surface area contributed by atoms with Gasteiger partial charge in [-0.2, -0.15) is 0 Å². The highest BCUT2D eigenvalue weighted by Gasteiger charge is 2.52. The molecule has 0 aromatic heterocycles. The molecule has 18 nitrogen and oxygen atoms in total. The molecule has 1 fully saturated rings. The molecule has 7 atom stereocenters. The number of ether oxygens (including phenoxy) is 10. The molecule has 82 heavy (non-hydrogen) atoms. The van der Waals surface area contributed by atoms with Gasteiger partial charge in [0.2, 0.25) is 11.8 Å². The zero-order valence-electron chi connectivity index (χ0n) is 46.6. The zero-order valence-corrected chi connectivity index (χ0v) is 46.6. The molecule has 434 valence electrons. The Balaban J connectivity index is 0.876. The minimum atomic E-state index is -1.43. The average molecular weight is 1130 g/mol. The van der Waals surface area contributed by atoms with E-state index in [0.717, 1.165) is 28.2 Å². The summed E-state index contributed by atoms with van der Waals surface area (Å²) in [5.74, 6) is -1.66. The van der Waals surface area contributed by atoms with Gasteiger partial charge in [0.15, 0.2) is 24.8 Å². The van der Waals surface area contributed by atoms with Gasteiger partial charge in [-0.1, -0.05) is 109 Å². The second-order valence-corrected chi connectivity index (χ2v) is 19.3. The lowest BCUT2D eigenvalue weighted by Gasteiger charge is -2.45. The van der Waals surface area contributed by atoms with Crippen molar-refractivity contribution in [2.24, 2.45) is 0 Å². The van der Waals surface area contributed by atoms with E-state index in [2.05, 4.69) is 22.8 Å². The number of methoxy groups -OCH3 is 2. The molecule has 0 radical (unpaired) electrons. The molecule has 0 spiro atoms. The number of hydrogen-bond donors (Lipinski definition) is 3. The van der Waals surface area contributed by atoms with Gasteiger partial charge in [0, 0.05) is 39.7 Å². The lowest BCUT2D eigenvalue weighted by Crippen LogP contribution is -2.66. The molecule has 1 aliphatic rings. The van der Waals surface area contributed by atoms with Crippen LogP contribution in [0.4, 0.5) is 0 Å². The van der Waals surface area contributed by atoms with Crippen molar-refractivity contribution in [2.45, 2.75) is 94.6 Å². The van der Waals surface area contributed by atoms with Crippen molar-refractivity contribution in [2.75, 3.05) is 53.8 Å². The fourth-order valence-corrected chi connectivity index (χ4v) is 9.21. The van der Waals surface area contributed by atoms with Gasteiger partial charge in [0.1, 0.15) is 35.9 Å². The van der Waals surface area contributed by atoms with E-state index >= 15 is 0 Å². The third-order valence-corrected chi connectivity index (χ3v) is 13.4. The number of aliphatic hydroxyl groups is 1. The molecule has 7 rings (SSSR count). The lowest BCUT2D eigenvalue weighted by atomic mass is 9.80. The molecular weight excluding hydrogens is 1050 g/mol. The Bertz CT molecular complexity index is 2850. The Morgan fingerprint density at radius 3 is 1.61 bits per heavy atom. The van der Waals surface area contributed by atoms with Gasteiger partial charge in [0.05, 0.1) is 43.6 Å². The monoisotopic (exact) mass is 1120 g/mol. The molecule has 6 aromatic rings. The van der Waals surface area contributed by atoms with E-state index in [1.807, 2.05) is 66.7 Å². The van der Waals surface area contributed by atoms with Crippen LogP contribution in [0.3, 0.4) is 0 Å². The van der Waals surface area contributed by atoms with Gasteiger partial charge in [-0.05, 0) is 110 Å². The van der Waals surface area contributed by atoms with Gasteiger partial charge >= 0.3 is 17.9 Å². The number of esters is 3. The summed E-state index contributed by atoms with van der Waals surface area (Å²) in [6.07, 6.45) is -4.97. The van der Waals surface area contributed by atoms with E-state index < -0.39 is 79.1 Å². The summed E-state index contributed by atoms with van der Waals surface area (Å²) in [6.45, 7) is 3.17. The summed E-state index contributed by atoms with van der Waals surface area (Å²) in [5, 5.41) is 16.2. The smallest absolute Gasteiger partial charge is 0.338 e. The van der Waals surface area contributed by atoms with Gasteiger partial charge < -0.3 is 63.1 Å². The molecule has 0 saturated carbocycles. The summed E-state index contributed by atoms with van der Waals surface area (Å²) in [6, 6.07) is 49.1. The molecule has 3 N–H and O–H groups in total. The largest absolute Gasteiger partial charge is 0.497 e. The summed E-state index contributed by atoms with van der Waals surface area (Å²) in [4.78, 5) is 66.3. The first-order valence-electron chi connectivity index (χ1n) is 27.3. The third-order valence-electron chi connectivity index (χ3n) is 13.4. The first kappa shape index (κ1) is 61.6. The number of aliphatic hydroxyl groups excluding tert-OH is 1. The molecule has 0 aliphatic carbocycles. The van der Waals surface area contributed by atoms with Crippen LogP contribution in [0.15, 0.2) is 170 Å². The number of benzene rings is 6. The van der Waals surface area contributed by atoms with Gasteiger partial charge in [0.25, 0.3) is 0 Å². The third kappa shape index (κ3) is 17.8. The molecule has 18 heteroatoms. The number of hydrogen-bond acceptors (Lipinski definition) is 16. The SMILES string of the molecule is COc1ccc(C(OCCCCOC(C)OCC(O)CNC(=O)CCCCOC2OC(COC(=O)c3ccccc3)C(OC(=O)c3ccccc3)C(OC(=O)c3ccccc3)C2NC(C)=O)(c2ccccc2)c2ccc(OC)cc2)cc1. The molecule has 1 aliphatic heterocycles. The molecule has 0 bridgehead atoms. The van der Waals surface area contributed by atoms with E-state index in [4.69, 9.17) is 47.4 Å². The first-order chi connectivity index (χ1) is 39.9. The van der Waals surface area contributed by atoms with E-state index in [0.29, 0.717) is 38.9 Å². The quantitative estimate of drug-likeness (QED) is 0.0122. The number of carbonyl (C=O) groups excluding carboxylic acids is 5. The molecular formula is C64H72N2O16. The molecule has 1 saturated heterocycles. The van der Waals surface area contributed by atoms with Crippen LogP contribution >= 0.6 is 0 Å². The van der Waals surface area contributed by atoms with E-state index in [9.17, 15) is 29.1 Å². The van der Waals surface area contributed by atoms with Crippen LogP contribution in [-0.2, 0) is 53.1 Å². The Labute approximate surface area is 478 Å². The number of amides is 2. The summed E-state index contributed by atoms with van der Waals surface area (Å²) in [7, 11) is 3.27. The Kier molecular flexibility index (Phi) is 24.0. The van der Waals surface area contributed by atoms with E-state index in [1.165, 1.54) is 6.92 Å². The summed E-state index contributed by atoms with van der Waals surface area (Å²) in [5.41, 5.74) is 2.52. The standard InChI is InChI=1S/C64H72N2O16/c1-44(67)66-57-59(82-62(72)48-25-13-7-14-26-48)58(81-61(71)47-23-11-6-12-24-47)55(43-78-60(70)46-21-9-5-10-22-46)80-63(57)76-39-18-17-29-56(69)65-41-52(68)42-77-45(2)75-38-19-20-40-79-64(49-27-15-8-16-28-49,50-30-34-53(73-3)35-31-50)51-32-36-54(74-4)37-33-51/h5-16,21-28,30-37,45,52,55,57-59,63,68H,17-20,29,38-43H2,1-4H3,(H,65,69)(H,66,67). The van der Waals surface area contributed by atoms with Crippen LogP contribution in [0, 0.1) is 0 Å². The minimum Gasteiger partial charge on any atom is -0.497 e. The summed E-state index contributed by atoms with van der Waals surface area (Å²) < 4.78 is 59.9. The van der Waals surface area contributed by atoms with Crippen LogP contribution < -0.4 is 20.1 Å². The van der Waals surface area contributed by atoms with Crippen molar-refractivity contribution in [3.8, 4) is 11.5 Å². The molecule has 1 heterocycles. The highest BCUT2D eigenvalue weighted by Crippen LogP contribution is 2.42. The van der Waals surface area contributed by atoms with Crippen LogP contribution in [0.25, 0.3) is 0 Å². The second kappa shape index (κ2) is 31.9. The topological polar surface area (TPSA) is 222 Å². The van der Waals surface area contributed by atoms with Crippen LogP contribution in [0.1, 0.15) is 93.7 Å². The van der Waals surface area contributed by atoms with Gasteiger partial charge in [-0.15, -0.1) is 0 Å². The highest BCUT2D eigenvalue weighted by atomic mass is 16.7. The van der Waals surface area contributed by atoms with Crippen molar-refractivity contribution in [1.82, 2.24) is 10.6 Å². The van der Waals surface area contributed by atoms with E-state index in [1.54, 1.807) is 112 Å². The lowest BCUT2D eigenvalue weighted by molar-refractivity contribution is -0.269. The van der Waals surface area contributed by atoms with Gasteiger partial charge in [-0.25, -0.2) is 14.4 Å². The second-order valence-electron chi connectivity index (χ2n) is 19.3. The number of rotatable bonds is 31. The maximum absolute atomic E-state index is 13.7. The normalized spacial score (nSPS) is 17.5. The average Bonchev–Trinajstić information content (AvgIpc) is 2.73. The van der Waals surface area contributed by atoms with Crippen molar-refractivity contribution < 1.29 is 76.4 Å². The maximum atomic E-state index is 13.7. The van der Waals surface area contributed by atoms with Crippen LogP contribution in [0.5, 0.6) is 11.5 Å². The van der Waals surface area contributed by atoms with Crippen LogP contribution in [-0.4, -0.2) is 132 Å². The number of unbranched alkanes of at least 4 members (excludes halogenated alkanes) is 2. The van der Waals surface area contributed by atoms with Crippen LogP contribution in [0.2, 0.25) is 0 Å². The maximum Gasteiger partial charge on any atom is 0.338 e. The molecule has 2 amide bonds. The number of nitrogens with one attached hydrogen (secondary N) is 2. The highest BCUT2D eigenvalue weighted by molar-refractivity contribution is 5.91. The Morgan fingerprint density at radius 1 is 0.585 bits per heavy atom. The van der Waals surface area contributed by atoms with Gasteiger partial charge in [-0.3, -0.25) is 9.59 Å². The van der Waals surface area contributed by atoms with Crippen molar-refractivity contribution in [3.63, 3.8) is 0 Å². The Hall–Kier alpha value is -7.97. The first-order valence-corrected chi connectivity index (χ1v) is 27.3. The fourth-order valence-electron chi connectivity index (χ4n) is 9.21.